The van der Waals surface area contributed by atoms with Gasteiger partial charge in [-0.1, -0.05) is 179 Å². The fourth-order valence-corrected chi connectivity index (χ4v) is 9.47. The molecule has 0 aliphatic heterocycles. The van der Waals surface area contributed by atoms with Gasteiger partial charge in [-0.15, -0.1) is 0 Å². The molecule has 0 bridgehead atoms. The second-order valence-electron chi connectivity index (χ2n) is 18.1. The molecule has 0 saturated heterocycles. The van der Waals surface area contributed by atoms with Crippen LogP contribution in [0.2, 0.25) is 0 Å². The Labute approximate surface area is 367 Å². The highest BCUT2D eigenvalue weighted by atomic mass is 15.1. The largest absolute Gasteiger partial charge is 0.311 e. The van der Waals surface area contributed by atoms with E-state index in [0.717, 1.165) is 22.7 Å². The molecule has 0 spiro atoms. The lowest BCUT2D eigenvalue weighted by atomic mass is 9.63. The second-order valence-corrected chi connectivity index (χ2v) is 18.1. The van der Waals surface area contributed by atoms with Crippen molar-refractivity contribution >= 4 is 44.9 Å². The summed E-state index contributed by atoms with van der Waals surface area (Å²) in [4.78, 5) is 4.80. The van der Waals surface area contributed by atoms with Crippen molar-refractivity contribution in [1.82, 2.24) is 0 Å². The van der Waals surface area contributed by atoms with E-state index in [1.54, 1.807) is 0 Å². The molecule has 2 nitrogen and oxygen atoms in total. The fraction of sp³-hybridized carbons (Fsp3) is 0.133. The minimum atomic E-state index is 0.105. The van der Waals surface area contributed by atoms with Gasteiger partial charge in [0.25, 0.3) is 0 Å². The molecule has 0 aromatic heterocycles. The van der Waals surface area contributed by atoms with Crippen molar-refractivity contribution in [2.75, 3.05) is 9.80 Å². The topological polar surface area (TPSA) is 6.48 Å². The first-order valence-electron chi connectivity index (χ1n) is 22.0. The Morgan fingerprint density at radius 2 is 0.677 bits per heavy atom. The Hall–Kier alpha value is -7.16. The van der Waals surface area contributed by atoms with Gasteiger partial charge >= 0.3 is 0 Å². The summed E-state index contributed by atoms with van der Waals surface area (Å²) in [5.41, 5.74) is 17.2. The Bertz CT molecular complexity index is 2880. The van der Waals surface area contributed by atoms with Gasteiger partial charge in [0.2, 0.25) is 0 Å². The molecule has 0 atom stereocenters. The van der Waals surface area contributed by atoms with Gasteiger partial charge in [0.15, 0.2) is 0 Å². The molecule has 10 rings (SSSR count). The molecule has 0 amide bonds. The fourth-order valence-electron chi connectivity index (χ4n) is 9.47. The number of benzene rings is 9. The molecule has 1 aliphatic carbocycles. The van der Waals surface area contributed by atoms with E-state index in [1.807, 2.05) is 0 Å². The lowest BCUT2D eigenvalue weighted by Crippen LogP contribution is -2.34. The minimum Gasteiger partial charge on any atom is -0.311 e. The number of anilines is 6. The van der Waals surface area contributed by atoms with Gasteiger partial charge in [-0.25, -0.2) is 0 Å². The lowest BCUT2D eigenvalue weighted by Gasteiger charge is -2.42. The van der Waals surface area contributed by atoms with Crippen LogP contribution >= 0.6 is 0 Å². The van der Waals surface area contributed by atoms with Crippen LogP contribution in [-0.2, 0) is 10.8 Å². The van der Waals surface area contributed by atoms with Crippen LogP contribution in [0.3, 0.4) is 0 Å². The van der Waals surface area contributed by atoms with Crippen molar-refractivity contribution in [3.63, 3.8) is 0 Å². The maximum atomic E-state index is 2.47. The molecule has 0 heterocycles. The van der Waals surface area contributed by atoms with E-state index in [4.69, 9.17) is 0 Å². The minimum absolute atomic E-state index is 0.105. The summed E-state index contributed by atoms with van der Waals surface area (Å²) in [6.07, 6.45) is 2.38. The second kappa shape index (κ2) is 16.0. The van der Waals surface area contributed by atoms with Gasteiger partial charge in [0.1, 0.15) is 0 Å². The summed E-state index contributed by atoms with van der Waals surface area (Å²) in [5, 5.41) is 2.47. The Morgan fingerprint density at radius 1 is 0.306 bits per heavy atom. The van der Waals surface area contributed by atoms with E-state index in [1.165, 1.54) is 79.5 Å². The van der Waals surface area contributed by atoms with Crippen molar-refractivity contribution in [3.05, 3.63) is 230 Å². The normalized spacial score (nSPS) is 13.9. The van der Waals surface area contributed by atoms with Gasteiger partial charge < -0.3 is 9.80 Å². The number of hydrogen-bond donors (Lipinski definition) is 0. The van der Waals surface area contributed by atoms with Crippen LogP contribution in [0.4, 0.5) is 34.1 Å². The van der Waals surface area contributed by atoms with E-state index in [-0.39, 0.29) is 10.8 Å². The molecule has 0 radical (unpaired) electrons. The predicted octanol–water partition coefficient (Wildman–Crippen LogP) is 17.1. The van der Waals surface area contributed by atoms with Gasteiger partial charge in [0.05, 0.1) is 5.69 Å². The van der Waals surface area contributed by atoms with Gasteiger partial charge in [-0.2, -0.15) is 0 Å². The standard InChI is InChI=1S/C60H52N2/c1-59(2)40-41-60(3,4)57-42-54(38-39-56(57)59)62(58-21-13-19-49-18-11-12-20-55(49)58)53-36-28-48(29-37-53)47-26-34-52(35-27-47)61(50-30-22-45(23-31-50)43-14-7-5-8-15-43)51-32-24-46(25-33-51)44-16-9-6-10-17-44/h5-39,42H,40-41H2,1-4H3. The van der Waals surface area contributed by atoms with Crippen molar-refractivity contribution in [2.24, 2.45) is 0 Å². The first-order valence-corrected chi connectivity index (χ1v) is 22.0. The molecule has 1 aliphatic rings. The van der Waals surface area contributed by atoms with E-state index in [0.29, 0.717) is 0 Å². The third kappa shape index (κ3) is 7.47. The molecule has 0 saturated carbocycles. The SMILES string of the molecule is CC1(C)CCC(C)(C)c2cc(N(c3ccc(-c4ccc(N(c5ccc(-c6ccccc6)cc5)c5ccc(-c6ccccc6)cc5)cc4)cc3)c3cccc4ccccc34)ccc21. The van der Waals surface area contributed by atoms with Crippen LogP contribution < -0.4 is 9.80 Å². The third-order valence-electron chi connectivity index (χ3n) is 13.2. The lowest BCUT2D eigenvalue weighted by molar-refractivity contribution is 0.332. The maximum absolute atomic E-state index is 2.47. The summed E-state index contributed by atoms with van der Waals surface area (Å²) in [7, 11) is 0. The predicted molar refractivity (Wildman–Crippen MR) is 265 cm³/mol. The van der Waals surface area contributed by atoms with Gasteiger partial charge in [-0.3, -0.25) is 0 Å². The van der Waals surface area contributed by atoms with Crippen molar-refractivity contribution in [1.29, 1.82) is 0 Å². The molecule has 0 N–H and O–H groups in total. The van der Waals surface area contributed by atoms with Crippen molar-refractivity contribution < 1.29 is 0 Å². The smallest absolute Gasteiger partial charge is 0.0540 e. The Kier molecular flexibility index (Phi) is 10.1. The molecule has 9 aromatic carbocycles. The highest BCUT2D eigenvalue weighted by molar-refractivity contribution is 5.99. The zero-order chi connectivity index (χ0) is 42.3. The summed E-state index contributed by atoms with van der Waals surface area (Å²) in [6, 6.07) is 79.7. The summed E-state index contributed by atoms with van der Waals surface area (Å²) < 4.78 is 0. The number of nitrogens with zero attached hydrogens (tertiary/aromatic N) is 2. The quantitative estimate of drug-likeness (QED) is 0.143. The van der Waals surface area contributed by atoms with Crippen LogP contribution in [0.25, 0.3) is 44.2 Å². The first kappa shape index (κ1) is 39.0. The molecule has 2 heteroatoms. The molecule has 0 unspecified atom stereocenters. The Morgan fingerprint density at radius 3 is 1.16 bits per heavy atom. The molecular weight excluding hydrogens is 749 g/mol. The molecule has 302 valence electrons. The monoisotopic (exact) mass is 800 g/mol. The van der Waals surface area contributed by atoms with E-state index in [9.17, 15) is 0 Å². The van der Waals surface area contributed by atoms with Crippen LogP contribution in [0, 0.1) is 0 Å². The maximum Gasteiger partial charge on any atom is 0.0540 e. The summed E-state index contributed by atoms with van der Waals surface area (Å²) in [5.74, 6) is 0. The van der Waals surface area contributed by atoms with Crippen molar-refractivity contribution in [2.45, 2.75) is 51.4 Å². The summed E-state index contributed by atoms with van der Waals surface area (Å²) in [6.45, 7) is 9.63. The van der Waals surface area contributed by atoms with Crippen LogP contribution in [0.1, 0.15) is 51.7 Å². The molecule has 62 heavy (non-hydrogen) atoms. The highest BCUT2D eigenvalue weighted by Gasteiger charge is 2.37. The van der Waals surface area contributed by atoms with Gasteiger partial charge in [-0.05, 0) is 140 Å². The van der Waals surface area contributed by atoms with Crippen LogP contribution in [0.5, 0.6) is 0 Å². The average molecular weight is 801 g/mol. The zero-order valence-corrected chi connectivity index (χ0v) is 36.1. The zero-order valence-electron chi connectivity index (χ0n) is 36.1. The molecule has 0 fully saturated rings. The highest BCUT2D eigenvalue weighted by Crippen LogP contribution is 2.49. The van der Waals surface area contributed by atoms with E-state index in [2.05, 4.69) is 256 Å². The van der Waals surface area contributed by atoms with E-state index >= 15 is 0 Å². The number of hydrogen-bond acceptors (Lipinski definition) is 2. The van der Waals surface area contributed by atoms with Crippen LogP contribution in [0.15, 0.2) is 218 Å². The molecular formula is C60H52N2. The van der Waals surface area contributed by atoms with Crippen molar-refractivity contribution in [3.8, 4) is 33.4 Å². The molecule has 9 aromatic rings. The van der Waals surface area contributed by atoms with Crippen LogP contribution in [-0.4, -0.2) is 0 Å². The third-order valence-corrected chi connectivity index (χ3v) is 13.2. The van der Waals surface area contributed by atoms with Gasteiger partial charge in [0, 0.05) is 33.8 Å². The number of rotatable bonds is 9. The summed E-state index contributed by atoms with van der Waals surface area (Å²) >= 11 is 0. The average Bonchev–Trinajstić information content (AvgIpc) is 3.32. The van der Waals surface area contributed by atoms with E-state index < -0.39 is 0 Å². The number of fused-ring (bicyclic) bond motifs is 2. The first-order chi connectivity index (χ1) is 30.2. The Balaban J connectivity index is 1.00.